The maximum Gasteiger partial charge on any atom is 0.00385 e. The maximum absolute atomic E-state index is 2.65. The Morgan fingerprint density at radius 2 is 1.44 bits per heavy atom. The first-order valence-electron chi connectivity index (χ1n) is 7.11. The SMILES string of the molecule is CC(C)N1CCC2(CC1)CC(C)(C(C)C)C2. The van der Waals surface area contributed by atoms with Crippen molar-refractivity contribution in [1.82, 2.24) is 4.90 Å². The molecule has 2 fully saturated rings. The largest absolute Gasteiger partial charge is 0.301 e. The van der Waals surface area contributed by atoms with Crippen LogP contribution in [0.15, 0.2) is 0 Å². The Balaban J connectivity index is 1.87. The van der Waals surface area contributed by atoms with Gasteiger partial charge in [-0.3, -0.25) is 0 Å². The Morgan fingerprint density at radius 3 is 1.81 bits per heavy atom. The first kappa shape index (κ1) is 12.4. The van der Waals surface area contributed by atoms with Crippen molar-refractivity contribution in [3.05, 3.63) is 0 Å². The highest BCUT2D eigenvalue weighted by molar-refractivity contribution is 5.04. The van der Waals surface area contributed by atoms with Gasteiger partial charge >= 0.3 is 0 Å². The topological polar surface area (TPSA) is 3.24 Å². The lowest BCUT2D eigenvalue weighted by Crippen LogP contribution is -2.54. The first-order valence-corrected chi connectivity index (χ1v) is 7.11. The van der Waals surface area contributed by atoms with E-state index in [2.05, 4.69) is 39.5 Å². The molecule has 0 bridgehead atoms. The molecule has 16 heavy (non-hydrogen) atoms. The molecule has 0 amide bonds. The standard InChI is InChI=1S/C15H29N/c1-12(2)14(5)10-15(11-14)6-8-16(9-7-15)13(3)4/h12-13H,6-11H2,1-5H3. The molecule has 0 unspecified atom stereocenters. The first-order chi connectivity index (χ1) is 7.37. The van der Waals surface area contributed by atoms with Crippen molar-refractivity contribution in [1.29, 1.82) is 0 Å². The average Bonchev–Trinajstić information content (AvgIpc) is 2.16. The van der Waals surface area contributed by atoms with Gasteiger partial charge in [-0.1, -0.05) is 20.8 Å². The molecule has 1 spiro atoms. The lowest BCUT2D eigenvalue weighted by molar-refractivity contribution is -0.0981. The predicted molar refractivity (Wildman–Crippen MR) is 70.6 cm³/mol. The van der Waals surface area contributed by atoms with E-state index >= 15 is 0 Å². The van der Waals surface area contributed by atoms with E-state index in [-0.39, 0.29) is 0 Å². The normalized spacial score (nSPS) is 28.7. The molecule has 1 saturated carbocycles. The summed E-state index contributed by atoms with van der Waals surface area (Å²) in [7, 11) is 0. The quantitative estimate of drug-likeness (QED) is 0.685. The molecule has 0 N–H and O–H groups in total. The molecule has 2 rings (SSSR count). The number of nitrogens with zero attached hydrogens (tertiary/aromatic N) is 1. The Hall–Kier alpha value is -0.0400. The van der Waals surface area contributed by atoms with Gasteiger partial charge in [0, 0.05) is 6.04 Å². The Bertz CT molecular complexity index is 238. The fourth-order valence-corrected chi connectivity index (χ4v) is 3.94. The van der Waals surface area contributed by atoms with Gasteiger partial charge in [-0.15, -0.1) is 0 Å². The fourth-order valence-electron chi connectivity index (χ4n) is 3.94. The minimum atomic E-state index is 0.653. The molecule has 2 aliphatic rings. The maximum atomic E-state index is 2.65. The zero-order valence-corrected chi connectivity index (χ0v) is 11.8. The van der Waals surface area contributed by atoms with Crippen LogP contribution in [0.25, 0.3) is 0 Å². The van der Waals surface area contributed by atoms with Crippen LogP contribution < -0.4 is 0 Å². The van der Waals surface area contributed by atoms with Crippen LogP contribution in [0, 0.1) is 16.7 Å². The van der Waals surface area contributed by atoms with Gasteiger partial charge in [0.15, 0.2) is 0 Å². The number of hydrogen-bond donors (Lipinski definition) is 0. The van der Waals surface area contributed by atoms with Crippen molar-refractivity contribution in [2.45, 2.75) is 66.3 Å². The summed E-state index contributed by atoms with van der Waals surface area (Å²) in [5.41, 5.74) is 1.39. The lowest BCUT2D eigenvalue weighted by atomic mass is 9.47. The molecule has 0 radical (unpaired) electrons. The highest BCUT2D eigenvalue weighted by Gasteiger charge is 2.53. The van der Waals surface area contributed by atoms with Crippen LogP contribution in [-0.4, -0.2) is 24.0 Å². The second kappa shape index (κ2) is 4.01. The van der Waals surface area contributed by atoms with Crippen molar-refractivity contribution in [3.63, 3.8) is 0 Å². The van der Waals surface area contributed by atoms with E-state index in [4.69, 9.17) is 0 Å². The number of hydrogen-bond acceptors (Lipinski definition) is 1. The highest BCUT2D eigenvalue weighted by Crippen LogP contribution is 2.62. The molecular weight excluding hydrogens is 194 g/mol. The molecule has 0 atom stereocenters. The Morgan fingerprint density at radius 1 is 0.938 bits per heavy atom. The van der Waals surface area contributed by atoms with Crippen LogP contribution in [0.4, 0.5) is 0 Å². The minimum Gasteiger partial charge on any atom is -0.301 e. The van der Waals surface area contributed by atoms with Crippen LogP contribution in [0.2, 0.25) is 0 Å². The van der Waals surface area contributed by atoms with Crippen molar-refractivity contribution >= 4 is 0 Å². The molecule has 1 heteroatoms. The molecule has 1 aliphatic carbocycles. The van der Waals surface area contributed by atoms with Crippen LogP contribution in [-0.2, 0) is 0 Å². The molecule has 1 heterocycles. The zero-order valence-electron chi connectivity index (χ0n) is 11.8. The number of piperidine rings is 1. The van der Waals surface area contributed by atoms with Crippen molar-refractivity contribution in [2.75, 3.05) is 13.1 Å². The minimum absolute atomic E-state index is 0.653. The van der Waals surface area contributed by atoms with Gasteiger partial charge in [-0.25, -0.2) is 0 Å². The molecule has 0 aromatic rings. The summed E-state index contributed by atoms with van der Waals surface area (Å²) < 4.78 is 0. The van der Waals surface area contributed by atoms with Gasteiger partial charge in [0.05, 0.1) is 0 Å². The fraction of sp³-hybridized carbons (Fsp3) is 1.00. The molecular formula is C15H29N. The van der Waals surface area contributed by atoms with E-state index in [1.54, 1.807) is 0 Å². The second-order valence-electron chi connectivity index (χ2n) is 7.29. The third kappa shape index (κ3) is 2.03. The van der Waals surface area contributed by atoms with Gasteiger partial charge in [-0.2, -0.15) is 0 Å². The van der Waals surface area contributed by atoms with E-state index in [0.29, 0.717) is 5.41 Å². The van der Waals surface area contributed by atoms with E-state index in [9.17, 15) is 0 Å². The summed E-state index contributed by atoms with van der Waals surface area (Å²) in [5, 5.41) is 0. The van der Waals surface area contributed by atoms with Gasteiger partial charge in [0.25, 0.3) is 0 Å². The monoisotopic (exact) mass is 223 g/mol. The summed E-state index contributed by atoms with van der Waals surface area (Å²) >= 11 is 0. The molecule has 0 aromatic carbocycles. The molecule has 1 aliphatic heterocycles. The Labute approximate surface area is 102 Å². The van der Waals surface area contributed by atoms with Gasteiger partial charge in [0.2, 0.25) is 0 Å². The summed E-state index contributed by atoms with van der Waals surface area (Å²) in [4.78, 5) is 2.65. The number of likely N-dealkylation sites (tertiary alicyclic amines) is 1. The predicted octanol–water partition coefficient (Wildman–Crippen LogP) is 3.93. The van der Waals surface area contributed by atoms with Crippen molar-refractivity contribution in [3.8, 4) is 0 Å². The molecule has 1 nitrogen and oxygen atoms in total. The van der Waals surface area contributed by atoms with Crippen LogP contribution >= 0.6 is 0 Å². The van der Waals surface area contributed by atoms with E-state index in [1.807, 2.05) is 0 Å². The van der Waals surface area contributed by atoms with E-state index < -0.39 is 0 Å². The van der Waals surface area contributed by atoms with Crippen molar-refractivity contribution < 1.29 is 0 Å². The van der Waals surface area contributed by atoms with Crippen LogP contribution in [0.1, 0.15) is 60.3 Å². The number of rotatable bonds is 2. The zero-order chi connectivity index (χ0) is 12.0. The smallest absolute Gasteiger partial charge is 0.00385 e. The van der Waals surface area contributed by atoms with Gasteiger partial charge in [-0.05, 0) is 69.4 Å². The van der Waals surface area contributed by atoms with Gasteiger partial charge < -0.3 is 4.90 Å². The highest BCUT2D eigenvalue weighted by atomic mass is 15.2. The van der Waals surface area contributed by atoms with Crippen LogP contribution in [0.5, 0.6) is 0 Å². The van der Waals surface area contributed by atoms with E-state index in [1.165, 1.54) is 38.8 Å². The molecule has 94 valence electrons. The van der Waals surface area contributed by atoms with Crippen LogP contribution in [0.3, 0.4) is 0 Å². The Kier molecular flexibility index (Phi) is 3.11. The van der Waals surface area contributed by atoms with Crippen molar-refractivity contribution in [2.24, 2.45) is 16.7 Å². The summed E-state index contributed by atoms with van der Waals surface area (Å²) in [6.45, 7) is 14.6. The summed E-state index contributed by atoms with van der Waals surface area (Å²) in [6, 6.07) is 0.744. The molecule has 1 saturated heterocycles. The second-order valence-corrected chi connectivity index (χ2v) is 7.29. The lowest BCUT2D eigenvalue weighted by Gasteiger charge is -2.60. The summed E-state index contributed by atoms with van der Waals surface area (Å²) in [5.74, 6) is 0.862. The average molecular weight is 223 g/mol. The summed E-state index contributed by atoms with van der Waals surface area (Å²) in [6.07, 6.45) is 5.88. The van der Waals surface area contributed by atoms with Gasteiger partial charge in [0.1, 0.15) is 0 Å². The van der Waals surface area contributed by atoms with E-state index in [0.717, 1.165) is 17.4 Å². The molecule has 0 aromatic heterocycles. The third-order valence-electron chi connectivity index (χ3n) is 5.54. The third-order valence-corrected chi connectivity index (χ3v) is 5.54.